The molecule has 8 nitrogen and oxygen atoms in total. The van der Waals surface area contributed by atoms with E-state index in [9.17, 15) is 19.2 Å². The number of rotatable bonds is 8. The normalized spacial score (nSPS) is 10.2. The van der Waals surface area contributed by atoms with Crippen molar-refractivity contribution in [1.29, 1.82) is 0 Å². The van der Waals surface area contributed by atoms with Crippen molar-refractivity contribution >= 4 is 40.2 Å². The van der Waals surface area contributed by atoms with Crippen LogP contribution in [0.3, 0.4) is 0 Å². The Labute approximate surface area is 156 Å². The van der Waals surface area contributed by atoms with E-state index in [1.54, 1.807) is 20.8 Å². The van der Waals surface area contributed by atoms with E-state index in [0.717, 1.165) is 17.8 Å². The molecular formula is C17H24N2O6S. The summed E-state index contributed by atoms with van der Waals surface area (Å²) in [4.78, 5) is 48.3. The highest BCUT2D eigenvalue weighted by atomic mass is 32.1. The molecule has 0 fully saturated rings. The minimum absolute atomic E-state index is 0.0518. The van der Waals surface area contributed by atoms with Crippen LogP contribution in [-0.2, 0) is 14.3 Å². The highest BCUT2D eigenvalue weighted by Crippen LogP contribution is 2.34. The SMILES string of the molecule is CCCCC(=O)Nc1sc(C(=O)OCC)c(C)c1C(=O)NC(=O)OCC. The fraction of sp³-hybridized carbons (Fsp3) is 0.529. The van der Waals surface area contributed by atoms with Gasteiger partial charge in [0.25, 0.3) is 5.91 Å². The highest BCUT2D eigenvalue weighted by Gasteiger charge is 2.27. The molecule has 0 aliphatic heterocycles. The van der Waals surface area contributed by atoms with Crippen molar-refractivity contribution in [3.63, 3.8) is 0 Å². The van der Waals surface area contributed by atoms with Gasteiger partial charge in [0.15, 0.2) is 0 Å². The quantitative estimate of drug-likeness (QED) is 0.666. The Balaban J connectivity index is 3.17. The molecule has 0 unspecified atom stereocenters. The number of esters is 1. The standard InChI is InChI=1S/C17H24N2O6S/c1-5-8-9-11(20)18-15-12(14(21)19-17(23)25-7-3)10(4)13(26-15)16(22)24-6-2/h5-9H2,1-4H3,(H,18,20)(H,19,21,23). The lowest BCUT2D eigenvalue weighted by Gasteiger charge is -2.08. The molecule has 0 radical (unpaired) electrons. The first kappa shape index (κ1) is 21.6. The van der Waals surface area contributed by atoms with Gasteiger partial charge in [-0.05, 0) is 32.8 Å². The molecule has 1 aromatic heterocycles. The molecule has 3 amide bonds. The number of ether oxygens (including phenoxy) is 2. The average Bonchev–Trinajstić information content (AvgIpc) is 2.89. The molecule has 0 aliphatic rings. The topological polar surface area (TPSA) is 111 Å². The summed E-state index contributed by atoms with van der Waals surface area (Å²) in [6, 6.07) is 0. The first-order chi connectivity index (χ1) is 12.3. The Morgan fingerprint density at radius 2 is 1.69 bits per heavy atom. The number of hydrogen-bond donors (Lipinski definition) is 2. The van der Waals surface area contributed by atoms with E-state index in [1.807, 2.05) is 6.92 Å². The number of anilines is 1. The van der Waals surface area contributed by atoms with Crippen molar-refractivity contribution in [2.75, 3.05) is 18.5 Å². The number of thiophene rings is 1. The first-order valence-corrected chi connectivity index (χ1v) is 9.25. The van der Waals surface area contributed by atoms with Crippen LogP contribution < -0.4 is 10.6 Å². The molecule has 0 spiro atoms. The van der Waals surface area contributed by atoms with Gasteiger partial charge in [0.05, 0.1) is 18.8 Å². The maximum Gasteiger partial charge on any atom is 0.414 e. The highest BCUT2D eigenvalue weighted by molar-refractivity contribution is 7.18. The van der Waals surface area contributed by atoms with E-state index in [1.165, 1.54) is 0 Å². The van der Waals surface area contributed by atoms with Crippen LogP contribution in [0.2, 0.25) is 0 Å². The van der Waals surface area contributed by atoms with Crippen molar-refractivity contribution in [3.8, 4) is 0 Å². The summed E-state index contributed by atoms with van der Waals surface area (Å²) in [5, 5.41) is 4.93. The molecule has 0 bridgehead atoms. The van der Waals surface area contributed by atoms with Gasteiger partial charge < -0.3 is 14.8 Å². The second kappa shape index (κ2) is 10.5. The van der Waals surface area contributed by atoms with Crippen LogP contribution in [-0.4, -0.2) is 37.1 Å². The van der Waals surface area contributed by atoms with Crippen molar-refractivity contribution in [3.05, 3.63) is 16.0 Å². The van der Waals surface area contributed by atoms with E-state index < -0.39 is 18.0 Å². The number of carbonyl (C=O) groups is 4. The summed E-state index contributed by atoms with van der Waals surface area (Å²) in [5.41, 5.74) is 0.386. The fourth-order valence-electron chi connectivity index (χ4n) is 2.12. The fourth-order valence-corrected chi connectivity index (χ4v) is 3.23. The smallest absolute Gasteiger partial charge is 0.414 e. The molecule has 26 heavy (non-hydrogen) atoms. The number of unbranched alkanes of at least 4 members (excludes halogenated alkanes) is 1. The molecule has 144 valence electrons. The number of alkyl carbamates (subject to hydrolysis) is 1. The van der Waals surface area contributed by atoms with E-state index >= 15 is 0 Å². The van der Waals surface area contributed by atoms with Crippen LogP contribution in [0.15, 0.2) is 0 Å². The number of imide groups is 1. The number of hydrogen-bond acceptors (Lipinski definition) is 7. The molecule has 1 aromatic rings. The lowest BCUT2D eigenvalue weighted by molar-refractivity contribution is -0.116. The Morgan fingerprint density at radius 1 is 1.04 bits per heavy atom. The summed E-state index contributed by atoms with van der Waals surface area (Å²) in [6.45, 7) is 7.08. The summed E-state index contributed by atoms with van der Waals surface area (Å²) in [6.07, 6.45) is 0.942. The molecule has 0 saturated carbocycles. The van der Waals surface area contributed by atoms with Gasteiger partial charge in [-0.15, -0.1) is 11.3 Å². The van der Waals surface area contributed by atoms with E-state index in [-0.39, 0.29) is 34.6 Å². The molecule has 0 aromatic carbocycles. The third-order valence-corrected chi connectivity index (χ3v) is 4.52. The maximum absolute atomic E-state index is 12.5. The van der Waals surface area contributed by atoms with Gasteiger partial charge in [0.2, 0.25) is 5.91 Å². The zero-order chi connectivity index (χ0) is 19.7. The largest absolute Gasteiger partial charge is 0.462 e. The Bertz CT molecular complexity index is 683. The van der Waals surface area contributed by atoms with Crippen LogP contribution >= 0.6 is 11.3 Å². The first-order valence-electron chi connectivity index (χ1n) is 8.44. The predicted molar refractivity (Wildman–Crippen MR) is 97.7 cm³/mol. The van der Waals surface area contributed by atoms with E-state index in [2.05, 4.69) is 10.6 Å². The van der Waals surface area contributed by atoms with Crippen LogP contribution in [0.1, 0.15) is 65.6 Å². The van der Waals surface area contributed by atoms with Crippen LogP contribution in [0.5, 0.6) is 0 Å². The molecule has 0 aliphatic carbocycles. The van der Waals surface area contributed by atoms with Crippen molar-refractivity contribution in [1.82, 2.24) is 5.32 Å². The summed E-state index contributed by atoms with van der Waals surface area (Å²) in [7, 11) is 0. The van der Waals surface area contributed by atoms with Gasteiger partial charge in [0.1, 0.15) is 9.88 Å². The number of carbonyl (C=O) groups excluding carboxylic acids is 4. The van der Waals surface area contributed by atoms with Crippen molar-refractivity contribution in [2.45, 2.75) is 47.0 Å². The molecule has 9 heteroatoms. The van der Waals surface area contributed by atoms with E-state index in [0.29, 0.717) is 18.4 Å². The third kappa shape index (κ3) is 5.83. The Morgan fingerprint density at radius 3 is 2.27 bits per heavy atom. The molecular weight excluding hydrogens is 360 g/mol. The van der Waals surface area contributed by atoms with Gasteiger partial charge in [-0.1, -0.05) is 13.3 Å². The molecule has 1 heterocycles. The zero-order valence-corrected chi connectivity index (χ0v) is 16.2. The predicted octanol–water partition coefficient (Wildman–Crippen LogP) is 3.25. The van der Waals surface area contributed by atoms with Gasteiger partial charge in [-0.3, -0.25) is 14.9 Å². The lowest BCUT2D eigenvalue weighted by atomic mass is 10.1. The van der Waals surface area contributed by atoms with Gasteiger partial charge >= 0.3 is 12.1 Å². The summed E-state index contributed by atoms with van der Waals surface area (Å²) < 4.78 is 9.68. The molecule has 0 saturated heterocycles. The molecule has 2 N–H and O–H groups in total. The van der Waals surface area contributed by atoms with Gasteiger partial charge in [-0.2, -0.15) is 0 Å². The third-order valence-electron chi connectivity index (χ3n) is 3.34. The van der Waals surface area contributed by atoms with Crippen molar-refractivity contribution in [2.24, 2.45) is 0 Å². The van der Waals surface area contributed by atoms with Gasteiger partial charge in [0, 0.05) is 6.42 Å². The van der Waals surface area contributed by atoms with Crippen LogP contribution in [0.4, 0.5) is 9.80 Å². The van der Waals surface area contributed by atoms with Crippen LogP contribution in [0, 0.1) is 6.92 Å². The van der Waals surface area contributed by atoms with Crippen LogP contribution in [0.25, 0.3) is 0 Å². The summed E-state index contributed by atoms with van der Waals surface area (Å²) >= 11 is 0.945. The Kier molecular flexibility index (Phi) is 8.77. The summed E-state index contributed by atoms with van der Waals surface area (Å²) in [5.74, 6) is -1.61. The molecule has 1 rings (SSSR count). The minimum Gasteiger partial charge on any atom is -0.462 e. The monoisotopic (exact) mass is 384 g/mol. The average molecular weight is 384 g/mol. The number of nitrogens with one attached hydrogen (secondary N) is 2. The zero-order valence-electron chi connectivity index (χ0n) is 15.4. The second-order valence-corrected chi connectivity index (χ2v) is 6.33. The minimum atomic E-state index is -0.899. The van der Waals surface area contributed by atoms with E-state index in [4.69, 9.17) is 9.47 Å². The molecule has 0 atom stereocenters. The van der Waals surface area contributed by atoms with Crippen molar-refractivity contribution < 1.29 is 28.7 Å². The maximum atomic E-state index is 12.5. The van der Waals surface area contributed by atoms with Gasteiger partial charge in [-0.25, -0.2) is 9.59 Å². The lowest BCUT2D eigenvalue weighted by Crippen LogP contribution is -2.32. The number of amides is 3. The second-order valence-electron chi connectivity index (χ2n) is 5.31. The Hall–Kier alpha value is -2.42.